The number of fused-ring (bicyclic) bond motifs is 1. The molecule has 2 aromatic rings. The average Bonchev–Trinajstić information content (AvgIpc) is 3.01. The molecule has 2 amide bonds. The number of benzene rings is 1. The SMILES string of the molecule is CNC(=O)C1CCN(C(=O)c2ccc3nc[nH]c3c2)CC1. The number of hydrogen-bond acceptors (Lipinski definition) is 3. The van der Waals surface area contributed by atoms with Crippen LogP contribution in [-0.2, 0) is 4.79 Å². The van der Waals surface area contributed by atoms with Gasteiger partial charge in [0, 0.05) is 31.6 Å². The predicted molar refractivity (Wildman–Crippen MR) is 78.8 cm³/mol. The Labute approximate surface area is 122 Å². The van der Waals surface area contributed by atoms with E-state index in [9.17, 15) is 9.59 Å². The lowest BCUT2D eigenvalue weighted by atomic mass is 9.95. The monoisotopic (exact) mass is 286 g/mol. The van der Waals surface area contributed by atoms with E-state index in [0.29, 0.717) is 18.7 Å². The third-order valence-electron chi connectivity index (χ3n) is 4.07. The summed E-state index contributed by atoms with van der Waals surface area (Å²) in [7, 11) is 1.65. The molecule has 6 heteroatoms. The van der Waals surface area contributed by atoms with Crippen molar-refractivity contribution in [3.8, 4) is 0 Å². The molecule has 0 aliphatic carbocycles. The first kappa shape index (κ1) is 13.6. The van der Waals surface area contributed by atoms with Crippen molar-refractivity contribution in [2.45, 2.75) is 12.8 Å². The number of hydrogen-bond donors (Lipinski definition) is 2. The summed E-state index contributed by atoms with van der Waals surface area (Å²) in [6, 6.07) is 5.47. The second-order valence-electron chi connectivity index (χ2n) is 5.32. The molecule has 21 heavy (non-hydrogen) atoms. The van der Waals surface area contributed by atoms with E-state index in [2.05, 4.69) is 15.3 Å². The van der Waals surface area contributed by atoms with Gasteiger partial charge >= 0.3 is 0 Å². The molecule has 6 nitrogen and oxygen atoms in total. The number of nitrogens with zero attached hydrogens (tertiary/aromatic N) is 2. The molecule has 0 atom stereocenters. The Morgan fingerprint density at radius 1 is 1.33 bits per heavy atom. The van der Waals surface area contributed by atoms with Gasteiger partial charge in [-0.3, -0.25) is 9.59 Å². The lowest BCUT2D eigenvalue weighted by Crippen LogP contribution is -2.42. The first-order valence-corrected chi connectivity index (χ1v) is 7.13. The van der Waals surface area contributed by atoms with Gasteiger partial charge < -0.3 is 15.2 Å². The molecule has 0 bridgehead atoms. The minimum absolute atomic E-state index is 0.0156. The Morgan fingerprint density at radius 2 is 2.10 bits per heavy atom. The Morgan fingerprint density at radius 3 is 2.81 bits per heavy atom. The smallest absolute Gasteiger partial charge is 0.253 e. The maximum absolute atomic E-state index is 12.5. The van der Waals surface area contributed by atoms with Gasteiger partial charge in [0.05, 0.1) is 17.4 Å². The Balaban J connectivity index is 1.70. The van der Waals surface area contributed by atoms with Gasteiger partial charge in [-0.05, 0) is 31.0 Å². The zero-order valence-electron chi connectivity index (χ0n) is 11.9. The van der Waals surface area contributed by atoms with Crippen molar-refractivity contribution >= 4 is 22.8 Å². The molecular formula is C15H18N4O2. The number of carbonyl (C=O) groups is 2. The molecule has 1 aromatic carbocycles. The summed E-state index contributed by atoms with van der Waals surface area (Å²) in [5.74, 6) is 0.108. The first-order valence-electron chi connectivity index (χ1n) is 7.13. The highest BCUT2D eigenvalue weighted by Gasteiger charge is 2.27. The van der Waals surface area contributed by atoms with E-state index in [1.165, 1.54) is 0 Å². The minimum Gasteiger partial charge on any atom is -0.359 e. The van der Waals surface area contributed by atoms with E-state index in [-0.39, 0.29) is 17.7 Å². The molecule has 2 heterocycles. The van der Waals surface area contributed by atoms with Crippen LogP contribution in [0.5, 0.6) is 0 Å². The standard InChI is InChI=1S/C15H18N4O2/c1-16-14(20)10-4-6-19(7-5-10)15(21)11-2-3-12-13(8-11)18-9-17-12/h2-3,8-10H,4-7H2,1H3,(H,16,20)(H,17,18). The Hall–Kier alpha value is -2.37. The van der Waals surface area contributed by atoms with E-state index in [1.54, 1.807) is 19.4 Å². The van der Waals surface area contributed by atoms with Crippen molar-refractivity contribution < 1.29 is 9.59 Å². The van der Waals surface area contributed by atoms with Gasteiger partial charge in [-0.2, -0.15) is 0 Å². The molecule has 1 aliphatic rings. The lowest BCUT2D eigenvalue weighted by Gasteiger charge is -2.31. The summed E-state index contributed by atoms with van der Waals surface area (Å²) in [6.45, 7) is 1.25. The second-order valence-corrected chi connectivity index (χ2v) is 5.32. The Kier molecular flexibility index (Phi) is 3.60. The summed E-state index contributed by atoms with van der Waals surface area (Å²) in [5.41, 5.74) is 2.37. The van der Waals surface area contributed by atoms with Crippen LogP contribution in [0.4, 0.5) is 0 Å². The first-order chi connectivity index (χ1) is 10.2. The molecule has 3 rings (SSSR count). The molecule has 2 N–H and O–H groups in total. The topological polar surface area (TPSA) is 78.1 Å². The molecule has 1 aromatic heterocycles. The highest BCUT2D eigenvalue weighted by atomic mass is 16.2. The number of H-pyrrole nitrogens is 1. The van der Waals surface area contributed by atoms with Crippen LogP contribution in [0, 0.1) is 5.92 Å². The van der Waals surface area contributed by atoms with Gasteiger partial charge in [0.2, 0.25) is 5.91 Å². The number of likely N-dealkylation sites (tertiary alicyclic amines) is 1. The highest BCUT2D eigenvalue weighted by molar-refractivity contribution is 5.97. The zero-order chi connectivity index (χ0) is 14.8. The zero-order valence-corrected chi connectivity index (χ0v) is 11.9. The largest absolute Gasteiger partial charge is 0.359 e. The maximum Gasteiger partial charge on any atom is 0.253 e. The van der Waals surface area contributed by atoms with Crippen LogP contribution in [0.15, 0.2) is 24.5 Å². The molecule has 1 fully saturated rings. The third kappa shape index (κ3) is 2.61. The number of rotatable bonds is 2. The van der Waals surface area contributed by atoms with Crippen LogP contribution >= 0.6 is 0 Å². The number of amides is 2. The fraction of sp³-hybridized carbons (Fsp3) is 0.400. The van der Waals surface area contributed by atoms with Crippen LogP contribution in [0.1, 0.15) is 23.2 Å². The number of aromatic nitrogens is 2. The number of nitrogens with one attached hydrogen (secondary N) is 2. The average molecular weight is 286 g/mol. The summed E-state index contributed by atoms with van der Waals surface area (Å²) in [6.07, 6.45) is 3.06. The van der Waals surface area contributed by atoms with Crippen LogP contribution < -0.4 is 5.32 Å². The molecule has 0 unspecified atom stereocenters. The van der Waals surface area contributed by atoms with Crippen molar-refractivity contribution in [3.05, 3.63) is 30.1 Å². The van der Waals surface area contributed by atoms with Crippen LogP contribution in [0.25, 0.3) is 11.0 Å². The van der Waals surface area contributed by atoms with Crippen molar-refractivity contribution in [2.75, 3.05) is 20.1 Å². The van der Waals surface area contributed by atoms with Gasteiger partial charge in [0.15, 0.2) is 0 Å². The van der Waals surface area contributed by atoms with Crippen molar-refractivity contribution in [2.24, 2.45) is 5.92 Å². The summed E-state index contributed by atoms with van der Waals surface area (Å²) in [4.78, 5) is 33.1. The molecule has 0 spiro atoms. The lowest BCUT2D eigenvalue weighted by molar-refractivity contribution is -0.125. The fourth-order valence-electron chi connectivity index (χ4n) is 2.80. The van der Waals surface area contributed by atoms with Gasteiger partial charge in [-0.25, -0.2) is 4.98 Å². The molecule has 110 valence electrons. The quantitative estimate of drug-likeness (QED) is 0.869. The number of piperidine rings is 1. The van der Waals surface area contributed by atoms with Crippen molar-refractivity contribution in [1.29, 1.82) is 0 Å². The van der Waals surface area contributed by atoms with E-state index in [0.717, 1.165) is 23.9 Å². The van der Waals surface area contributed by atoms with E-state index in [4.69, 9.17) is 0 Å². The van der Waals surface area contributed by atoms with Gasteiger partial charge in [0.1, 0.15) is 0 Å². The van der Waals surface area contributed by atoms with Crippen LogP contribution in [-0.4, -0.2) is 46.8 Å². The molecule has 1 aliphatic heterocycles. The normalized spacial score (nSPS) is 16.1. The highest BCUT2D eigenvalue weighted by Crippen LogP contribution is 2.20. The Bertz CT molecular complexity index is 671. The summed E-state index contributed by atoms with van der Waals surface area (Å²) < 4.78 is 0. The molecule has 1 saturated heterocycles. The number of carbonyl (C=O) groups excluding carboxylic acids is 2. The predicted octanol–water partition coefficient (Wildman–Crippen LogP) is 1.16. The van der Waals surface area contributed by atoms with Crippen molar-refractivity contribution in [3.63, 3.8) is 0 Å². The third-order valence-corrected chi connectivity index (χ3v) is 4.07. The summed E-state index contributed by atoms with van der Waals surface area (Å²) >= 11 is 0. The van der Waals surface area contributed by atoms with E-state index < -0.39 is 0 Å². The maximum atomic E-state index is 12.5. The number of imidazole rings is 1. The number of aromatic amines is 1. The minimum atomic E-state index is 0.0156. The van der Waals surface area contributed by atoms with Gasteiger partial charge in [-0.15, -0.1) is 0 Å². The molecule has 0 radical (unpaired) electrons. The van der Waals surface area contributed by atoms with Crippen LogP contribution in [0.3, 0.4) is 0 Å². The second kappa shape index (κ2) is 5.55. The molecular weight excluding hydrogens is 268 g/mol. The summed E-state index contributed by atoms with van der Waals surface area (Å²) in [5, 5.41) is 2.67. The van der Waals surface area contributed by atoms with E-state index in [1.807, 2.05) is 17.0 Å². The fourth-order valence-corrected chi connectivity index (χ4v) is 2.80. The van der Waals surface area contributed by atoms with Crippen LogP contribution in [0.2, 0.25) is 0 Å². The van der Waals surface area contributed by atoms with Gasteiger partial charge in [0.25, 0.3) is 5.91 Å². The molecule has 0 saturated carbocycles. The van der Waals surface area contributed by atoms with Gasteiger partial charge in [-0.1, -0.05) is 0 Å². The van der Waals surface area contributed by atoms with Crippen molar-refractivity contribution in [1.82, 2.24) is 20.2 Å². The van der Waals surface area contributed by atoms with E-state index >= 15 is 0 Å².